The fraction of sp³-hybridized carbons (Fsp3) is 0.455. The first-order valence-corrected chi connectivity index (χ1v) is 5.66. The van der Waals surface area contributed by atoms with Crippen LogP contribution in [0.15, 0.2) is 10.5 Å². The van der Waals surface area contributed by atoms with E-state index in [9.17, 15) is 0 Å². The smallest absolute Gasteiger partial charge is 0.179 e. The van der Waals surface area contributed by atoms with E-state index in [1.54, 1.807) is 21.3 Å². The van der Waals surface area contributed by atoms with Gasteiger partial charge >= 0.3 is 0 Å². The van der Waals surface area contributed by atoms with Crippen molar-refractivity contribution in [2.75, 3.05) is 27.9 Å². The van der Waals surface area contributed by atoms with Gasteiger partial charge in [0, 0.05) is 5.56 Å². The molecule has 90 valence electrons. The largest absolute Gasteiger partial charge is 0.495 e. The van der Waals surface area contributed by atoms with Gasteiger partial charge in [-0.15, -0.1) is 0 Å². The van der Waals surface area contributed by atoms with Gasteiger partial charge in [-0.05, 0) is 35.0 Å². The van der Waals surface area contributed by atoms with E-state index in [-0.39, 0.29) is 0 Å². The zero-order valence-corrected chi connectivity index (χ0v) is 11.3. The van der Waals surface area contributed by atoms with Gasteiger partial charge in [-0.1, -0.05) is 0 Å². The van der Waals surface area contributed by atoms with Crippen molar-refractivity contribution in [3.05, 3.63) is 16.1 Å². The minimum Gasteiger partial charge on any atom is -0.495 e. The number of ether oxygens (including phenoxy) is 3. The van der Waals surface area contributed by atoms with Crippen molar-refractivity contribution < 1.29 is 14.2 Å². The molecule has 0 radical (unpaired) electrons. The van der Waals surface area contributed by atoms with Crippen LogP contribution in [-0.2, 0) is 6.42 Å². The Morgan fingerprint density at radius 1 is 1.12 bits per heavy atom. The molecule has 16 heavy (non-hydrogen) atoms. The lowest BCUT2D eigenvalue weighted by Crippen LogP contribution is -2.06. The first kappa shape index (κ1) is 13.1. The summed E-state index contributed by atoms with van der Waals surface area (Å²) in [5, 5.41) is 0. The van der Waals surface area contributed by atoms with Crippen molar-refractivity contribution in [2.24, 2.45) is 5.73 Å². The molecule has 1 aromatic rings. The second-order valence-corrected chi connectivity index (χ2v) is 3.95. The van der Waals surface area contributed by atoms with Gasteiger partial charge in [0.2, 0.25) is 0 Å². The van der Waals surface area contributed by atoms with E-state index in [4.69, 9.17) is 19.9 Å². The molecule has 2 N–H and O–H groups in total. The molecular weight excluding hydrogens is 274 g/mol. The Hall–Kier alpha value is -0.940. The molecule has 0 aliphatic carbocycles. The van der Waals surface area contributed by atoms with Gasteiger partial charge in [-0.3, -0.25) is 0 Å². The molecule has 0 bridgehead atoms. The molecule has 0 saturated heterocycles. The van der Waals surface area contributed by atoms with Crippen LogP contribution in [0.2, 0.25) is 0 Å². The molecule has 0 atom stereocenters. The molecule has 0 aromatic heterocycles. The molecule has 0 spiro atoms. The Labute approximate surface area is 104 Å². The third-order valence-corrected chi connectivity index (χ3v) is 3.01. The maximum Gasteiger partial charge on any atom is 0.179 e. The molecular formula is C11H16BrNO3. The van der Waals surface area contributed by atoms with Crippen LogP contribution in [-0.4, -0.2) is 27.9 Å². The first-order valence-electron chi connectivity index (χ1n) is 4.87. The molecule has 0 amide bonds. The topological polar surface area (TPSA) is 53.7 Å². The highest BCUT2D eigenvalue weighted by Gasteiger charge is 2.18. The zero-order chi connectivity index (χ0) is 12.1. The van der Waals surface area contributed by atoms with Gasteiger partial charge < -0.3 is 19.9 Å². The average molecular weight is 290 g/mol. The van der Waals surface area contributed by atoms with Gasteiger partial charge in [0.1, 0.15) is 10.2 Å². The number of nitrogens with two attached hydrogens (primary N) is 1. The first-order chi connectivity index (χ1) is 7.69. The number of benzene rings is 1. The molecule has 0 aliphatic heterocycles. The lowest BCUT2D eigenvalue weighted by atomic mass is 10.1. The van der Waals surface area contributed by atoms with Crippen LogP contribution < -0.4 is 19.9 Å². The summed E-state index contributed by atoms with van der Waals surface area (Å²) >= 11 is 3.42. The van der Waals surface area contributed by atoms with Crippen molar-refractivity contribution >= 4 is 15.9 Å². The maximum absolute atomic E-state index is 5.56. The Kier molecular flexibility index (Phi) is 4.89. The summed E-state index contributed by atoms with van der Waals surface area (Å²) in [7, 11) is 4.81. The predicted molar refractivity (Wildman–Crippen MR) is 66.6 cm³/mol. The normalized spacial score (nSPS) is 10.1. The van der Waals surface area contributed by atoms with Crippen LogP contribution >= 0.6 is 15.9 Å². The number of methoxy groups -OCH3 is 3. The van der Waals surface area contributed by atoms with E-state index in [2.05, 4.69) is 15.9 Å². The van der Waals surface area contributed by atoms with Crippen LogP contribution in [0.3, 0.4) is 0 Å². The summed E-state index contributed by atoms with van der Waals surface area (Å²) in [5.41, 5.74) is 6.53. The highest BCUT2D eigenvalue weighted by Crippen LogP contribution is 2.44. The van der Waals surface area contributed by atoms with Crippen LogP contribution in [0.5, 0.6) is 17.2 Å². The molecule has 5 heteroatoms. The number of halogens is 1. The summed E-state index contributed by atoms with van der Waals surface area (Å²) < 4.78 is 16.6. The van der Waals surface area contributed by atoms with Crippen molar-refractivity contribution in [3.8, 4) is 17.2 Å². The van der Waals surface area contributed by atoms with Crippen LogP contribution in [0, 0.1) is 0 Å². The molecule has 0 fully saturated rings. The highest BCUT2D eigenvalue weighted by molar-refractivity contribution is 9.10. The molecule has 0 aliphatic rings. The van der Waals surface area contributed by atoms with E-state index in [1.807, 2.05) is 6.07 Å². The van der Waals surface area contributed by atoms with Crippen molar-refractivity contribution in [1.82, 2.24) is 0 Å². The standard InChI is InChI=1S/C11H16BrNO3/c1-14-8-6-7(4-5-13)10(15-2)11(16-3)9(8)12/h6H,4-5,13H2,1-3H3. The number of hydrogen-bond acceptors (Lipinski definition) is 4. The number of rotatable bonds is 5. The van der Waals surface area contributed by atoms with Gasteiger partial charge in [0.05, 0.1) is 21.3 Å². The van der Waals surface area contributed by atoms with E-state index in [1.165, 1.54) is 0 Å². The van der Waals surface area contributed by atoms with Gasteiger partial charge in [0.15, 0.2) is 11.5 Å². The Morgan fingerprint density at radius 2 is 1.75 bits per heavy atom. The minimum absolute atomic E-state index is 0.546. The van der Waals surface area contributed by atoms with Crippen LogP contribution in [0.4, 0.5) is 0 Å². The van der Waals surface area contributed by atoms with E-state index < -0.39 is 0 Å². The molecule has 0 unspecified atom stereocenters. The van der Waals surface area contributed by atoms with Crippen molar-refractivity contribution in [2.45, 2.75) is 6.42 Å². The SMILES string of the molecule is COc1cc(CCN)c(OC)c(OC)c1Br. The average Bonchev–Trinajstić information content (AvgIpc) is 2.30. The lowest BCUT2D eigenvalue weighted by Gasteiger charge is -2.16. The van der Waals surface area contributed by atoms with Crippen molar-refractivity contribution in [1.29, 1.82) is 0 Å². The van der Waals surface area contributed by atoms with Crippen LogP contribution in [0.25, 0.3) is 0 Å². The number of hydrogen-bond donors (Lipinski definition) is 1. The molecule has 1 rings (SSSR count). The monoisotopic (exact) mass is 289 g/mol. The van der Waals surface area contributed by atoms with Crippen LogP contribution in [0.1, 0.15) is 5.56 Å². The zero-order valence-electron chi connectivity index (χ0n) is 9.67. The second kappa shape index (κ2) is 5.96. The summed E-state index contributed by atoms with van der Waals surface area (Å²) in [6, 6.07) is 1.90. The molecule has 4 nitrogen and oxygen atoms in total. The predicted octanol–water partition coefficient (Wildman–Crippen LogP) is 1.98. The molecule has 0 saturated carbocycles. The quantitative estimate of drug-likeness (QED) is 0.901. The van der Waals surface area contributed by atoms with Gasteiger partial charge in [-0.2, -0.15) is 0 Å². The maximum atomic E-state index is 5.56. The highest BCUT2D eigenvalue weighted by atomic mass is 79.9. The summed E-state index contributed by atoms with van der Waals surface area (Å²) in [6.45, 7) is 0.546. The van der Waals surface area contributed by atoms with E-state index in [0.29, 0.717) is 30.2 Å². The van der Waals surface area contributed by atoms with Crippen molar-refractivity contribution in [3.63, 3.8) is 0 Å². The Morgan fingerprint density at radius 3 is 2.19 bits per heavy atom. The molecule has 1 aromatic carbocycles. The van der Waals surface area contributed by atoms with Gasteiger partial charge in [-0.25, -0.2) is 0 Å². The Balaban J connectivity index is 3.37. The minimum atomic E-state index is 0.546. The van der Waals surface area contributed by atoms with E-state index in [0.717, 1.165) is 10.0 Å². The van der Waals surface area contributed by atoms with Gasteiger partial charge in [0.25, 0.3) is 0 Å². The summed E-state index contributed by atoms with van der Waals surface area (Å²) in [5.74, 6) is 2.03. The lowest BCUT2D eigenvalue weighted by molar-refractivity contribution is 0.342. The summed E-state index contributed by atoms with van der Waals surface area (Å²) in [4.78, 5) is 0. The second-order valence-electron chi connectivity index (χ2n) is 3.16. The Bertz CT molecular complexity index is 369. The third-order valence-electron chi connectivity index (χ3n) is 2.26. The third kappa shape index (κ3) is 2.41. The summed E-state index contributed by atoms with van der Waals surface area (Å²) in [6.07, 6.45) is 0.711. The fourth-order valence-corrected chi connectivity index (χ4v) is 2.16. The van der Waals surface area contributed by atoms with E-state index >= 15 is 0 Å². The fourth-order valence-electron chi connectivity index (χ4n) is 1.54. The molecule has 0 heterocycles.